The summed E-state index contributed by atoms with van der Waals surface area (Å²) < 4.78 is 11.9. The van der Waals surface area contributed by atoms with Crippen molar-refractivity contribution in [3.05, 3.63) is 41.7 Å². The zero-order valence-corrected chi connectivity index (χ0v) is 21.2. The lowest BCUT2D eigenvalue weighted by Crippen LogP contribution is -2.51. The molecule has 4 rings (SSSR count). The average Bonchev–Trinajstić information content (AvgIpc) is 2.90. The quantitative estimate of drug-likeness (QED) is 0.491. The molecule has 4 N–H and O–H groups in total. The minimum atomic E-state index is -1.35. The summed E-state index contributed by atoms with van der Waals surface area (Å²) in [5.41, 5.74) is 12.9. The van der Waals surface area contributed by atoms with Crippen molar-refractivity contribution >= 4 is 11.9 Å². The molecule has 0 bridgehead atoms. The Hall–Kier alpha value is -3.00. The van der Waals surface area contributed by atoms with E-state index in [1.165, 1.54) is 19.3 Å². The van der Waals surface area contributed by atoms with Crippen LogP contribution in [-0.4, -0.2) is 39.8 Å². The molecule has 2 aromatic rings. The van der Waals surface area contributed by atoms with Gasteiger partial charge in [0.05, 0.1) is 11.8 Å². The molecule has 36 heavy (non-hydrogen) atoms. The highest BCUT2D eigenvalue weighted by atomic mass is 16.6. The SMILES string of the molecule is CCCCc1nnc(C(=O)OC2(C(N)=O)CCC(N)CC2)cc1-c1ccc(OC2CCCCC2)cc1. The number of hydrogen-bond acceptors (Lipinski definition) is 7. The molecule has 1 aromatic heterocycles. The van der Waals surface area contributed by atoms with Gasteiger partial charge >= 0.3 is 5.97 Å². The van der Waals surface area contributed by atoms with E-state index in [2.05, 4.69) is 17.1 Å². The molecule has 0 atom stereocenters. The molecule has 1 amide bonds. The molecule has 0 radical (unpaired) electrons. The Morgan fingerprint density at radius 2 is 1.72 bits per heavy atom. The van der Waals surface area contributed by atoms with Crippen molar-refractivity contribution in [1.82, 2.24) is 10.2 Å². The summed E-state index contributed by atoms with van der Waals surface area (Å²) in [6.07, 6.45) is 10.7. The van der Waals surface area contributed by atoms with Crippen molar-refractivity contribution in [2.24, 2.45) is 11.5 Å². The van der Waals surface area contributed by atoms with Crippen LogP contribution in [0.4, 0.5) is 0 Å². The van der Waals surface area contributed by atoms with Crippen LogP contribution < -0.4 is 16.2 Å². The minimum Gasteiger partial charge on any atom is -0.490 e. The van der Waals surface area contributed by atoms with Gasteiger partial charge in [-0.2, -0.15) is 5.10 Å². The lowest BCUT2D eigenvalue weighted by molar-refractivity contribution is -0.141. The average molecular weight is 495 g/mol. The van der Waals surface area contributed by atoms with Gasteiger partial charge in [-0.05, 0) is 88.0 Å². The number of rotatable bonds is 9. The number of nitrogens with zero attached hydrogens (tertiary/aromatic N) is 2. The van der Waals surface area contributed by atoms with E-state index in [0.717, 1.165) is 54.7 Å². The first kappa shape index (κ1) is 26.1. The van der Waals surface area contributed by atoms with Crippen molar-refractivity contribution in [2.45, 2.75) is 102 Å². The fraction of sp³-hybridized carbons (Fsp3) is 0.571. The van der Waals surface area contributed by atoms with Crippen LogP contribution in [0.2, 0.25) is 0 Å². The number of primary amides is 1. The highest BCUT2D eigenvalue weighted by Gasteiger charge is 2.44. The molecule has 8 heteroatoms. The molecule has 194 valence electrons. The van der Waals surface area contributed by atoms with Crippen LogP contribution in [0.25, 0.3) is 11.1 Å². The van der Waals surface area contributed by atoms with Gasteiger partial charge in [0, 0.05) is 11.6 Å². The van der Waals surface area contributed by atoms with Gasteiger partial charge in [0.1, 0.15) is 5.75 Å². The molecule has 2 aliphatic carbocycles. The number of aryl methyl sites for hydroxylation is 1. The number of ether oxygens (including phenoxy) is 2. The van der Waals surface area contributed by atoms with Crippen LogP contribution in [-0.2, 0) is 16.0 Å². The minimum absolute atomic E-state index is 0.0227. The second-order valence-corrected chi connectivity index (χ2v) is 10.2. The van der Waals surface area contributed by atoms with E-state index < -0.39 is 17.5 Å². The molecule has 0 spiro atoms. The van der Waals surface area contributed by atoms with Gasteiger partial charge in [0.15, 0.2) is 11.3 Å². The van der Waals surface area contributed by atoms with Gasteiger partial charge in [-0.3, -0.25) is 4.79 Å². The monoisotopic (exact) mass is 494 g/mol. The number of unbranched alkanes of at least 4 members (excludes halogenated alkanes) is 1. The summed E-state index contributed by atoms with van der Waals surface area (Å²) in [6.45, 7) is 2.12. The Kier molecular flexibility index (Phi) is 8.56. The van der Waals surface area contributed by atoms with Crippen molar-refractivity contribution in [1.29, 1.82) is 0 Å². The molecule has 2 saturated carbocycles. The molecular formula is C28H38N4O4. The van der Waals surface area contributed by atoms with E-state index in [1.54, 1.807) is 6.07 Å². The number of hydrogen-bond donors (Lipinski definition) is 2. The number of nitrogens with two attached hydrogens (primary N) is 2. The maximum absolute atomic E-state index is 13.1. The van der Waals surface area contributed by atoms with E-state index in [1.807, 2.05) is 24.3 Å². The molecule has 0 aliphatic heterocycles. The summed E-state index contributed by atoms with van der Waals surface area (Å²) in [6, 6.07) is 9.62. The molecule has 0 unspecified atom stereocenters. The van der Waals surface area contributed by atoms with E-state index in [9.17, 15) is 9.59 Å². The van der Waals surface area contributed by atoms with Crippen LogP contribution in [0.5, 0.6) is 5.75 Å². The van der Waals surface area contributed by atoms with Gasteiger partial charge in [0.2, 0.25) is 0 Å². The van der Waals surface area contributed by atoms with Gasteiger partial charge in [-0.1, -0.05) is 31.9 Å². The summed E-state index contributed by atoms with van der Waals surface area (Å²) in [4.78, 5) is 25.3. The summed E-state index contributed by atoms with van der Waals surface area (Å²) >= 11 is 0. The predicted octanol–water partition coefficient (Wildman–Crippen LogP) is 4.48. The van der Waals surface area contributed by atoms with Crippen LogP contribution in [0.3, 0.4) is 0 Å². The summed E-state index contributed by atoms with van der Waals surface area (Å²) in [5.74, 6) is -0.498. The Bertz CT molecular complexity index is 1040. The second kappa shape index (κ2) is 11.8. The molecule has 2 fully saturated rings. The first-order chi connectivity index (χ1) is 17.4. The summed E-state index contributed by atoms with van der Waals surface area (Å²) in [5, 5.41) is 8.54. The van der Waals surface area contributed by atoms with Gasteiger partial charge in [-0.15, -0.1) is 5.10 Å². The summed E-state index contributed by atoms with van der Waals surface area (Å²) in [7, 11) is 0. The van der Waals surface area contributed by atoms with Crippen LogP contribution in [0.1, 0.15) is 93.7 Å². The zero-order valence-electron chi connectivity index (χ0n) is 21.2. The third kappa shape index (κ3) is 6.22. The van der Waals surface area contributed by atoms with Crippen LogP contribution in [0.15, 0.2) is 30.3 Å². The zero-order chi connectivity index (χ0) is 25.5. The Labute approximate surface area is 213 Å². The van der Waals surface area contributed by atoms with Crippen LogP contribution >= 0.6 is 0 Å². The third-order valence-electron chi connectivity index (χ3n) is 7.44. The van der Waals surface area contributed by atoms with Gasteiger partial charge in [0.25, 0.3) is 5.91 Å². The molecule has 1 aromatic carbocycles. The Morgan fingerprint density at radius 1 is 1.03 bits per heavy atom. The van der Waals surface area contributed by atoms with Crippen molar-refractivity contribution in [2.75, 3.05) is 0 Å². The fourth-order valence-corrected chi connectivity index (χ4v) is 5.12. The molecular weight excluding hydrogens is 456 g/mol. The van der Waals surface area contributed by atoms with E-state index in [0.29, 0.717) is 25.7 Å². The highest BCUT2D eigenvalue weighted by Crippen LogP contribution is 2.33. The normalized spacial score (nSPS) is 22.7. The Balaban J connectivity index is 1.56. The standard InChI is InChI=1S/C28H38N4O4/c1-2-3-9-24-23(19-10-12-22(13-11-19)35-21-7-5-4-6-8-21)18-25(32-31-24)26(33)36-28(27(30)34)16-14-20(29)15-17-28/h10-13,18,20-21H,2-9,14-17,29H2,1H3,(H2,30,34). The second-order valence-electron chi connectivity index (χ2n) is 10.2. The Morgan fingerprint density at radius 3 is 2.36 bits per heavy atom. The molecule has 0 saturated heterocycles. The van der Waals surface area contributed by atoms with E-state index in [4.69, 9.17) is 20.9 Å². The van der Waals surface area contributed by atoms with E-state index in [-0.39, 0.29) is 17.8 Å². The van der Waals surface area contributed by atoms with E-state index >= 15 is 0 Å². The van der Waals surface area contributed by atoms with Gasteiger partial charge in [-0.25, -0.2) is 4.79 Å². The maximum Gasteiger partial charge on any atom is 0.359 e. The number of benzene rings is 1. The number of esters is 1. The highest BCUT2D eigenvalue weighted by molar-refractivity contribution is 5.93. The van der Waals surface area contributed by atoms with Crippen molar-refractivity contribution in [3.8, 4) is 16.9 Å². The third-order valence-corrected chi connectivity index (χ3v) is 7.44. The molecule has 8 nitrogen and oxygen atoms in total. The number of carbonyl (C=O) groups is 2. The maximum atomic E-state index is 13.1. The predicted molar refractivity (Wildman–Crippen MR) is 137 cm³/mol. The first-order valence-electron chi connectivity index (χ1n) is 13.3. The number of aromatic nitrogens is 2. The lowest BCUT2D eigenvalue weighted by Gasteiger charge is -2.35. The number of amides is 1. The molecule has 1 heterocycles. The first-order valence-corrected chi connectivity index (χ1v) is 13.3. The topological polar surface area (TPSA) is 130 Å². The smallest absolute Gasteiger partial charge is 0.359 e. The van der Waals surface area contributed by atoms with Crippen molar-refractivity contribution in [3.63, 3.8) is 0 Å². The van der Waals surface area contributed by atoms with Crippen LogP contribution in [0, 0.1) is 0 Å². The molecule has 2 aliphatic rings. The largest absolute Gasteiger partial charge is 0.490 e. The number of carbonyl (C=O) groups excluding carboxylic acids is 2. The van der Waals surface area contributed by atoms with Crippen molar-refractivity contribution < 1.29 is 19.1 Å². The lowest BCUT2D eigenvalue weighted by atomic mass is 9.81. The fourth-order valence-electron chi connectivity index (χ4n) is 5.12. The van der Waals surface area contributed by atoms with Gasteiger partial charge < -0.3 is 20.9 Å².